The van der Waals surface area contributed by atoms with Crippen molar-refractivity contribution in [3.8, 4) is 0 Å². The average molecular weight is 591 g/mol. The van der Waals surface area contributed by atoms with Crippen LogP contribution in [0.2, 0.25) is 10.0 Å². The second kappa shape index (κ2) is 12.9. The summed E-state index contributed by atoms with van der Waals surface area (Å²) in [5.41, 5.74) is 3.38. The molecule has 208 valence electrons. The van der Waals surface area contributed by atoms with E-state index < -0.39 is 28.5 Å². The van der Waals surface area contributed by atoms with E-state index >= 15 is 0 Å². The van der Waals surface area contributed by atoms with E-state index in [0.29, 0.717) is 33.4 Å². The van der Waals surface area contributed by atoms with Gasteiger partial charge in [0, 0.05) is 28.7 Å². The number of rotatable bonds is 10. The molecule has 3 aromatic carbocycles. The number of halogens is 2. The Morgan fingerprint density at radius 3 is 2.08 bits per heavy atom. The molecule has 0 fully saturated rings. The first kappa shape index (κ1) is 30.5. The Hall–Kier alpha value is -3.07. The van der Waals surface area contributed by atoms with Crippen LogP contribution < -0.4 is 9.62 Å². The minimum Gasteiger partial charge on any atom is -0.355 e. The van der Waals surface area contributed by atoms with E-state index in [4.69, 9.17) is 23.2 Å². The summed E-state index contributed by atoms with van der Waals surface area (Å²) in [6.07, 6.45) is 0. The van der Waals surface area contributed by atoms with Crippen molar-refractivity contribution in [3.05, 3.63) is 93.0 Å². The van der Waals surface area contributed by atoms with Crippen LogP contribution in [-0.2, 0) is 26.2 Å². The van der Waals surface area contributed by atoms with Gasteiger partial charge in [-0.2, -0.15) is 0 Å². The number of likely N-dealkylation sites (N-methyl/N-ethyl adjacent to an activating group) is 1. The SMILES string of the molecule is CCNC(=O)[C@@H](C)N(Cc1c(Cl)cccc1Cl)C(=O)CN(c1ccc(C)cc1C)S(=O)(=O)c1ccc(C)cc1. The van der Waals surface area contributed by atoms with E-state index in [-0.39, 0.29) is 17.3 Å². The van der Waals surface area contributed by atoms with Crippen molar-refractivity contribution >= 4 is 50.7 Å². The molecule has 10 heteroatoms. The second-order valence-corrected chi connectivity index (χ2v) is 12.1. The normalized spacial score (nSPS) is 12.1. The maximum atomic E-state index is 14.0. The Labute approximate surface area is 240 Å². The van der Waals surface area contributed by atoms with Crippen molar-refractivity contribution in [2.24, 2.45) is 0 Å². The number of sulfonamides is 1. The molecular formula is C29H33Cl2N3O4S. The third kappa shape index (κ3) is 7.12. The first-order chi connectivity index (χ1) is 18.4. The number of anilines is 1. The maximum Gasteiger partial charge on any atom is 0.264 e. The molecule has 0 heterocycles. The van der Waals surface area contributed by atoms with Gasteiger partial charge >= 0.3 is 0 Å². The van der Waals surface area contributed by atoms with Crippen LogP contribution in [0.5, 0.6) is 0 Å². The molecule has 0 spiro atoms. The number of nitrogens with zero attached hydrogens (tertiary/aromatic N) is 2. The van der Waals surface area contributed by atoms with Crippen LogP contribution in [0.1, 0.15) is 36.1 Å². The zero-order valence-electron chi connectivity index (χ0n) is 22.7. The van der Waals surface area contributed by atoms with Gasteiger partial charge in [-0.25, -0.2) is 8.42 Å². The number of hydrogen-bond donors (Lipinski definition) is 1. The number of aryl methyl sites for hydroxylation is 3. The predicted octanol–water partition coefficient (Wildman–Crippen LogP) is 5.67. The van der Waals surface area contributed by atoms with Gasteiger partial charge in [0.25, 0.3) is 10.0 Å². The minimum absolute atomic E-state index is 0.0540. The lowest BCUT2D eigenvalue weighted by Gasteiger charge is -2.32. The fraction of sp³-hybridized carbons (Fsp3) is 0.310. The van der Waals surface area contributed by atoms with Crippen LogP contribution in [0.3, 0.4) is 0 Å². The van der Waals surface area contributed by atoms with E-state index in [1.807, 2.05) is 19.9 Å². The molecule has 0 aliphatic rings. The van der Waals surface area contributed by atoms with Crippen molar-refractivity contribution < 1.29 is 18.0 Å². The molecule has 0 bridgehead atoms. The van der Waals surface area contributed by atoms with E-state index in [0.717, 1.165) is 15.4 Å². The van der Waals surface area contributed by atoms with Crippen LogP contribution in [0.15, 0.2) is 65.6 Å². The largest absolute Gasteiger partial charge is 0.355 e. The molecular weight excluding hydrogens is 557 g/mol. The molecule has 3 aromatic rings. The molecule has 1 atom stereocenters. The minimum atomic E-state index is -4.15. The van der Waals surface area contributed by atoms with Gasteiger partial charge in [-0.3, -0.25) is 13.9 Å². The summed E-state index contributed by atoms with van der Waals surface area (Å²) in [5, 5.41) is 3.40. The summed E-state index contributed by atoms with van der Waals surface area (Å²) in [4.78, 5) is 28.2. The Morgan fingerprint density at radius 1 is 0.923 bits per heavy atom. The fourth-order valence-corrected chi connectivity index (χ4v) is 6.19. The Kier molecular flexibility index (Phi) is 10.0. The highest BCUT2D eigenvalue weighted by atomic mass is 35.5. The quantitative estimate of drug-likeness (QED) is 0.330. The Balaban J connectivity index is 2.10. The van der Waals surface area contributed by atoms with E-state index in [1.54, 1.807) is 63.2 Å². The number of carbonyl (C=O) groups is 2. The molecule has 0 aromatic heterocycles. The molecule has 0 aliphatic heterocycles. The first-order valence-electron chi connectivity index (χ1n) is 12.5. The van der Waals surface area contributed by atoms with Crippen LogP contribution in [-0.4, -0.2) is 44.3 Å². The molecule has 39 heavy (non-hydrogen) atoms. The van der Waals surface area contributed by atoms with Crippen molar-refractivity contribution in [1.29, 1.82) is 0 Å². The first-order valence-corrected chi connectivity index (χ1v) is 14.7. The second-order valence-electron chi connectivity index (χ2n) is 9.41. The van der Waals surface area contributed by atoms with Gasteiger partial charge in [-0.1, -0.05) is 64.7 Å². The highest BCUT2D eigenvalue weighted by molar-refractivity contribution is 7.92. The molecule has 2 amide bonds. The van der Waals surface area contributed by atoms with Gasteiger partial charge in [0.15, 0.2) is 0 Å². The number of hydrogen-bond acceptors (Lipinski definition) is 4. The summed E-state index contributed by atoms with van der Waals surface area (Å²) in [6, 6.07) is 15.8. The Morgan fingerprint density at radius 2 is 1.51 bits per heavy atom. The smallest absolute Gasteiger partial charge is 0.264 e. The van der Waals surface area contributed by atoms with Crippen molar-refractivity contribution in [3.63, 3.8) is 0 Å². The molecule has 0 saturated heterocycles. The lowest BCUT2D eigenvalue weighted by atomic mass is 10.1. The zero-order valence-corrected chi connectivity index (χ0v) is 25.0. The highest BCUT2D eigenvalue weighted by Gasteiger charge is 2.33. The van der Waals surface area contributed by atoms with E-state index in [9.17, 15) is 18.0 Å². The lowest BCUT2D eigenvalue weighted by Crippen LogP contribution is -2.51. The molecule has 0 radical (unpaired) electrons. The maximum absolute atomic E-state index is 14.0. The number of carbonyl (C=O) groups excluding carboxylic acids is 2. The van der Waals surface area contributed by atoms with Crippen molar-refractivity contribution in [2.75, 3.05) is 17.4 Å². The third-order valence-corrected chi connectivity index (χ3v) is 8.90. The van der Waals surface area contributed by atoms with Crippen LogP contribution in [0.4, 0.5) is 5.69 Å². The summed E-state index contributed by atoms with van der Waals surface area (Å²) in [7, 11) is -4.15. The zero-order chi connectivity index (χ0) is 28.9. The Bertz CT molecular complexity index is 1440. The van der Waals surface area contributed by atoms with Gasteiger partial charge in [0.05, 0.1) is 10.6 Å². The lowest BCUT2D eigenvalue weighted by molar-refractivity contribution is -0.139. The van der Waals surface area contributed by atoms with Crippen LogP contribution >= 0.6 is 23.2 Å². The van der Waals surface area contributed by atoms with E-state index in [1.165, 1.54) is 17.0 Å². The predicted molar refractivity (Wildman–Crippen MR) is 157 cm³/mol. The molecule has 3 rings (SSSR count). The molecule has 1 N–H and O–H groups in total. The number of amides is 2. The summed E-state index contributed by atoms with van der Waals surface area (Å²) in [5.74, 6) is -0.964. The molecule has 0 aliphatic carbocycles. The van der Waals surface area contributed by atoms with E-state index in [2.05, 4.69) is 5.32 Å². The summed E-state index contributed by atoms with van der Waals surface area (Å²) in [6.45, 7) is 8.68. The number of nitrogens with one attached hydrogen (secondary N) is 1. The molecule has 0 saturated carbocycles. The van der Waals surface area contributed by atoms with Gasteiger partial charge in [-0.05, 0) is 70.5 Å². The molecule has 0 unspecified atom stereocenters. The average Bonchev–Trinajstić information content (AvgIpc) is 2.87. The third-order valence-electron chi connectivity index (χ3n) is 6.42. The van der Waals surface area contributed by atoms with Gasteiger partial charge in [-0.15, -0.1) is 0 Å². The van der Waals surface area contributed by atoms with Crippen molar-refractivity contribution in [2.45, 2.75) is 52.1 Å². The van der Waals surface area contributed by atoms with Gasteiger partial charge < -0.3 is 10.2 Å². The number of benzene rings is 3. The summed E-state index contributed by atoms with van der Waals surface area (Å²) >= 11 is 12.8. The molecule has 7 nitrogen and oxygen atoms in total. The highest BCUT2D eigenvalue weighted by Crippen LogP contribution is 2.30. The fourth-order valence-electron chi connectivity index (χ4n) is 4.19. The monoisotopic (exact) mass is 589 g/mol. The van der Waals surface area contributed by atoms with Crippen LogP contribution in [0, 0.1) is 20.8 Å². The summed E-state index contributed by atoms with van der Waals surface area (Å²) < 4.78 is 29.0. The standard InChI is InChI=1S/C29H33Cl2N3O4S/c1-6-32-29(36)22(5)33(17-24-25(30)8-7-9-26(24)31)28(35)18-34(27-15-12-20(3)16-21(27)4)39(37,38)23-13-10-19(2)11-14-23/h7-16,22H,6,17-18H2,1-5H3,(H,32,36)/t22-/m1/s1. The van der Waals surface area contributed by atoms with Crippen LogP contribution in [0.25, 0.3) is 0 Å². The topological polar surface area (TPSA) is 86.8 Å². The van der Waals surface area contributed by atoms with Crippen molar-refractivity contribution in [1.82, 2.24) is 10.2 Å². The van der Waals surface area contributed by atoms with Gasteiger partial charge in [0.1, 0.15) is 12.6 Å². The van der Waals surface area contributed by atoms with Gasteiger partial charge in [0.2, 0.25) is 11.8 Å².